The number of carbonyl (C=O) groups excluding carboxylic acids is 1. The maximum Gasteiger partial charge on any atom is 0.243 e. The van der Waals surface area contributed by atoms with E-state index in [0.717, 1.165) is 23.1 Å². The van der Waals surface area contributed by atoms with E-state index in [2.05, 4.69) is 26.8 Å². The fourth-order valence-electron chi connectivity index (χ4n) is 4.78. The zero-order valence-electron chi connectivity index (χ0n) is 22.3. The van der Waals surface area contributed by atoms with Gasteiger partial charge in [0, 0.05) is 36.7 Å². The summed E-state index contributed by atoms with van der Waals surface area (Å²) in [7, 11) is -2.32. The molecule has 2 heterocycles. The Kier molecular flexibility index (Phi) is 9.00. The van der Waals surface area contributed by atoms with Crippen molar-refractivity contribution in [1.82, 2.24) is 9.21 Å². The Balaban J connectivity index is 1.63. The number of methoxy groups -OCH3 is 1. The Morgan fingerprint density at radius 3 is 2.42 bits per heavy atom. The van der Waals surface area contributed by atoms with E-state index in [1.807, 2.05) is 41.8 Å². The molecule has 1 unspecified atom stereocenters. The maximum absolute atomic E-state index is 13.9. The Bertz CT molecular complexity index is 1350. The second-order valence-electron chi connectivity index (χ2n) is 10.5. The molecule has 1 aliphatic heterocycles. The topological polar surface area (TPSA) is 66.9 Å². The molecule has 0 bridgehead atoms. The third kappa shape index (κ3) is 6.32. The van der Waals surface area contributed by atoms with Crippen molar-refractivity contribution in [3.05, 3.63) is 86.6 Å². The van der Waals surface area contributed by atoms with Crippen LogP contribution in [0.25, 0.3) is 0 Å². The summed E-state index contributed by atoms with van der Waals surface area (Å²) < 4.78 is 34.0. The lowest BCUT2D eigenvalue weighted by molar-refractivity contribution is -0.133. The molecule has 0 fully saturated rings. The zero-order valence-corrected chi connectivity index (χ0v) is 24.7. The number of rotatable bonds is 9. The van der Waals surface area contributed by atoms with E-state index in [1.54, 1.807) is 35.5 Å². The van der Waals surface area contributed by atoms with Gasteiger partial charge in [-0.2, -0.15) is 4.31 Å². The van der Waals surface area contributed by atoms with Gasteiger partial charge in [0.15, 0.2) is 0 Å². The quantitative estimate of drug-likeness (QED) is 0.298. The molecular formula is C29H35ClN2O4S2. The second-order valence-corrected chi connectivity index (χ2v) is 13.9. The van der Waals surface area contributed by atoms with Gasteiger partial charge in [-0.1, -0.05) is 56.6 Å². The van der Waals surface area contributed by atoms with Gasteiger partial charge in [0.05, 0.1) is 17.5 Å². The van der Waals surface area contributed by atoms with E-state index < -0.39 is 10.0 Å². The number of halogens is 1. The van der Waals surface area contributed by atoms with Crippen LogP contribution in [0.15, 0.2) is 64.9 Å². The standard InChI is InChI=1S/C29H35ClN2O4S2/c1-29(2,3)22-8-12-24(13-9-22)38(34,35)31(16-5-18-36-4)20-27(33)32-17-14-26-25(15-19-37-26)28(32)21-6-10-23(30)11-7-21/h6-13,15,19,28H,5,14,16-18,20H2,1-4H3. The number of amides is 1. The molecule has 9 heteroatoms. The number of benzene rings is 2. The number of sulfonamides is 1. The molecule has 1 amide bonds. The Morgan fingerprint density at radius 2 is 1.79 bits per heavy atom. The van der Waals surface area contributed by atoms with Crippen LogP contribution < -0.4 is 0 Å². The lowest BCUT2D eigenvalue weighted by Gasteiger charge is -2.37. The van der Waals surface area contributed by atoms with Gasteiger partial charge in [-0.15, -0.1) is 11.3 Å². The number of ether oxygens (including phenoxy) is 1. The van der Waals surface area contributed by atoms with Crippen LogP contribution in [0, 0.1) is 0 Å². The highest BCUT2D eigenvalue weighted by atomic mass is 35.5. The molecule has 3 aromatic rings. The molecule has 2 aromatic carbocycles. The molecule has 0 spiro atoms. The van der Waals surface area contributed by atoms with E-state index in [0.29, 0.717) is 24.6 Å². The average molecular weight is 575 g/mol. The van der Waals surface area contributed by atoms with Gasteiger partial charge in [0.1, 0.15) is 0 Å². The number of thiophene rings is 1. The van der Waals surface area contributed by atoms with E-state index >= 15 is 0 Å². The second kappa shape index (κ2) is 11.9. The minimum Gasteiger partial charge on any atom is -0.385 e. The average Bonchev–Trinajstić information content (AvgIpc) is 3.37. The van der Waals surface area contributed by atoms with Crippen molar-refractivity contribution in [3.63, 3.8) is 0 Å². The number of hydrogen-bond acceptors (Lipinski definition) is 5. The van der Waals surface area contributed by atoms with Gasteiger partial charge in [-0.05, 0) is 70.7 Å². The summed E-state index contributed by atoms with van der Waals surface area (Å²) in [6.07, 6.45) is 1.23. The number of carbonyl (C=O) groups is 1. The first-order valence-electron chi connectivity index (χ1n) is 12.7. The molecule has 6 nitrogen and oxygen atoms in total. The summed E-state index contributed by atoms with van der Waals surface area (Å²) in [5.41, 5.74) is 2.99. The molecule has 0 N–H and O–H groups in total. The maximum atomic E-state index is 13.9. The molecule has 38 heavy (non-hydrogen) atoms. The molecule has 1 aliphatic rings. The summed E-state index contributed by atoms with van der Waals surface area (Å²) in [6, 6.07) is 16.3. The zero-order chi connectivity index (χ0) is 27.5. The van der Waals surface area contributed by atoms with Crippen molar-refractivity contribution in [1.29, 1.82) is 0 Å². The lowest BCUT2D eigenvalue weighted by Crippen LogP contribution is -2.47. The summed E-state index contributed by atoms with van der Waals surface area (Å²) in [6.45, 7) is 7.12. The fourth-order valence-corrected chi connectivity index (χ4v) is 7.23. The molecular weight excluding hydrogens is 540 g/mol. The van der Waals surface area contributed by atoms with Crippen LogP contribution in [0.1, 0.15) is 54.8 Å². The normalized spacial score (nSPS) is 16.1. The van der Waals surface area contributed by atoms with Gasteiger partial charge in [-0.3, -0.25) is 4.79 Å². The van der Waals surface area contributed by atoms with E-state index in [1.165, 1.54) is 9.18 Å². The molecule has 1 aromatic heterocycles. The molecule has 0 radical (unpaired) electrons. The number of fused-ring (bicyclic) bond motifs is 1. The van der Waals surface area contributed by atoms with Gasteiger partial charge in [0.2, 0.25) is 15.9 Å². The first kappa shape index (κ1) is 28.8. The van der Waals surface area contributed by atoms with Crippen LogP contribution in [0.4, 0.5) is 0 Å². The molecule has 0 aliphatic carbocycles. The van der Waals surface area contributed by atoms with Gasteiger partial charge < -0.3 is 9.64 Å². The van der Waals surface area contributed by atoms with Gasteiger partial charge in [-0.25, -0.2) is 8.42 Å². The van der Waals surface area contributed by atoms with E-state index in [9.17, 15) is 13.2 Å². The predicted octanol–water partition coefficient (Wildman–Crippen LogP) is 5.90. The van der Waals surface area contributed by atoms with Crippen molar-refractivity contribution in [2.75, 3.05) is 33.4 Å². The fraction of sp³-hybridized carbons (Fsp3) is 0.414. The van der Waals surface area contributed by atoms with Crippen molar-refractivity contribution < 1.29 is 17.9 Å². The van der Waals surface area contributed by atoms with E-state index in [4.69, 9.17) is 16.3 Å². The molecule has 0 saturated carbocycles. The van der Waals surface area contributed by atoms with Crippen LogP contribution in [-0.2, 0) is 31.4 Å². The van der Waals surface area contributed by atoms with Crippen molar-refractivity contribution >= 4 is 38.9 Å². The Morgan fingerprint density at radius 1 is 1.11 bits per heavy atom. The third-order valence-corrected chi connectivity index (χ3v) is 10.0. The van der Waals surface area contributed by atoms with E-state index in [-0.39, 0.29) is 35.3 Å². The van der Waals surface area contributed by atoms with Crippen molar-refractivity contribution in [3.8, 4) is 0 Å². The molecule has 4 rings (SSSR count). The molecule has 204 valence electrons. The Hall–Kier alpha value is -2.23. The minimum absolute atomic E-state index is 0.0954. The largest absolute Gasteiger partial charge is 0.385 e. The summed E-state index contributed by atoms with van der Waals surface area (Å²) in [5, 5.41) is 2.67. The smallest absolute Gasteiger partial charge is 0.243 e. The molecule has 1 atom stereocenters. The highest BCUT2D eigenvalue weighted by Crippen LogP contribution is 2.38. The number of hydrogen-bond donors (Lipinski definition) is 0. The number of nitrogens with zero attached hydrogens (tertiary/aromatic N) is 2. The van der Waals surface area contributed by atoms with Gasteiger partial charge >= 0.3 is 0 Å². The van der Waals surface area contributed by atoms with Crippen molar-refractivity contribution in [2.45, 2.75) is 50.0 Å². The first-order valence-corrected chi connectivity index (χ1v) is 15.4. The summed E-state index contributed by atoms with van der Waals surface area (Å²) in [5.74, 6) is -0.228. The summed E-state index contributed by atoms with van der Waals surface area (Å²) >= 11 is 7.83. The Labute approximate surface area is 235 Å². The first-order chi connectivity index (χ1) is 18.0. The van der Waals surface area contributed by atoms with Gasteiger partial charge in [0.25, 0.3) is 0 Å². The molecule has 0 saturated heterocycles. The minimum atomic E-state index is -3.90. The van der Waals surface area contributed by atoms with Crippen LogP contribution in [0.3, 0.4) is 0 Å². The predicted molar refractivity (Wildman–Crippen MR) is 153 cm³/mol. The van der Waals surface area contributed by atoms with Crippen LogP contribution >= 0.6 is 22.9 Å². The SMILES string of the molecule is COCCCN(CC(=O)N1CCc2sccc2C1c1ccc(Cl)cc1)S(=O)(=O)c1ccc(C(C)(C)C)cc1. The van der Waals surface area contributed by atoms with Crippen LogP contribution in [-0.4, -0.2) is 56.9 Å². The van der Waals surface area contributed by atoms with Crippen molar-refractivity contribution in [2.24, 2.45) is 0 Å². The lowest BCUT2D eigenvalue weighted by atomic mass is 9.87. The van der Waals surface area contributed by atoms with Crippen LogP contribution in [0.5, 0.6) is 0 Å². The third-order valence-electron chi connectivity index (χ3n) is 6.90. The monoisotopic (exact) mass is 574 g/mol. The summed E-state index contributed by atoms with van der Waals surface area (Å²) in [4.78, 5) is 17.1. The highest BCUT2D eigenvalue weighted by molar-refractivity contribution is 7.89. The van der Waals surface area contributed by atoms with Crippen LogP contribution in [0.2, 0.25) is 5.02 Å². The highest BCUT2D eigenvalue weighted by Gasteiger charge is 2.35.